The molecule has 56 heavy (non-hydrogen) atoms. The molecule has 1 saturated heterocycles. The standard InChI is InChI=1S/C23H21N5O.C18H14N4.C5H10/c29-23(27-12-4-5-13-27)25-19-10-6-9-18(15-19)20-11-14-28-21(16-24-22(28)26-20)17-7-2-1-3-8-17;19-15-8-4-7-14(11-15)16-9-10-22-17(12-20-18(22)21-16)13-5-2-1-3-6-13;1-2-4-5-3-1/h1-3,6-11,14-16H,4-5,12-13H2,(H,25,29);1-12H,19H2;1-5H2. The van der Waals surface area contributed by atoms with Gasteiger partial charge in [-0.25, -0.2) is 24.7 Å². The van der Waals surface area contributed by atoms with Gasteiger partial charge >= 0.3 is 6.03 Å². The van der Waals surface area contributed by atoms with Crippen LogP contribution in [-0.2, 0) is 0 Å². The number of carbonyl (C=O) groups is 1. The number of nitrogens with two attached hydrogens (primary N) is 1. The molecule has 10 heteroatoms. The Hall–Kier alpha value is -6.81. The number of urea groups is 1. The minimum Gasteiger partial charge on any atom is -0.399 e. The van der Waals surface area contributed by atoms with Gasteiger partial charge < -0.3 is 16.0 Å². The fourth-order valence-corrected chi connectivity index (χ4v) is 7.17. The summed E-state index contributed by atoms with van der Waals surface area (Å²) in [5.74, 6) is 1.33. The molecule has 5 heterocycles. The van der Waals surface area contributed by atoms with Crippen molar-refractivity contribution in [3.8, 4) is 45.0 Å². The third kappa shape index (κ3) is 8.44. The molecule has 0 bridgehead atoms. The number of anilines is 2. The van der Waals surface area contributed by atoms with Crippen LogP contribution in [0.25, 0.3) is 56.6 Å². The number of nitrogens with zero attached hydrogens (tertiary/aromatic N) is 7. The molecule has 0 atom stereocenters. The molecule has 0 spiro atoms. The van der Waals surface area contributed by atoms with Crippen LogP contribution in [0.1, 0.15) is 44.9 Å². The quantitative estimate of drug-likeness (QED) is 0.170. The first-order valence-corrected chi connectivity index (χ1v) is 19.4. The van der Waals surface area contributed by atoms with E-state index in [0.717, 1.165) is 82.3 Å². The van der Waals surface area contributed by atoms with E-state index in [1.165, 1.54) is 32.1 Å². The number of likely N-dealkylation sites (tertiary alicyclic amines) is 1. The van der Waals surface area contributed by atoms with E-state index in [0.29, 0.717) is 11.6 Å². The molecule has 2 amide bonds. The smallest absolute Gasteiger partial charge is 0.321 e. The summed E-state index contributed by atoms with van der Waals surface area (Å²) in [6.45, 7) is 1.65. The maximum atomic E-state index is 12.4. The number of rotatable bonds is 5. The minimum absolute atomic E-state index is 0.0381. The van der Waals surface area contributed by atoms with Crippen LogP contribution in [0.5, 0.6) is 0 Å². The molecule has 2 aliphatic rings. The van der Waals surface area contributed by atoms with Crippen molar-refractivity contribution in [2.45, 2.75) is 44.9 Å². The summed E-state index contributed by atoms with van der Waals surface area (Å²) in [6.07, 6.45) is 17.3. The zero-order valence-electron chi connectivity index (χ0n) is 31.3. The maximum absolute atomic E-state index is 12.4. The normalized spacial score (nSPS) is 13.5. The molecule has 4 aromatic heterocycles. The number of carbonyl (C=O) groups excluding carboxylic acids is 1. The molecule has 280 valence electrons. The van der Waals surface area contributed by atoms with E-state index >= 15 is 0 Å². The van der Waals surface area contributed by atoms with Crippen molar-refractivity contribution in [3.63, 3.8) is 0 Å². The zero-order chi connectivity index (χ0) is 38.1. The molecule has 4 aromatic carbocycles. The van der Waals surface area contributed by atoms with E-state index in [1.807, 2.05) is 136 Å². The number of nitrogen functional groups attached to an aromatic ring is 1. The van der Waals surface area contributed by atoms with E-state index < -0.39 is 0 Å². The van der Waals surface area contributed by atoms with Gasteiger partial charge in [-0.2, -0.15) is 0 Å². The monoisotopic (exact) mass is 739 g/mol. The molecular formula is C46H45N9O. The van der Waals surface area contributed by atoms with E-state index in [9.17, 15) is 4.79 Å². The molecule has 0 unspecified atom stereocenters. The second-order valence-corrected chi connectivity index (χ2v) is 14.1. The average Bonchev–Trinajstić information content (AvgIpc) is 4.10. The highest BCUT2D eigenvalue weighted by molar-refractivity contribution is 5.90. The molecule has 8 aromatic rings. The maximum Gasteiger partial charge on any atom is 0.321 e. The Kier molecular flexibility index (Phi) is 11.1. The van der Waals surface area contributed by atoms with E-state index in [4.69, 9.17) is 10.7 Å². The summed E-state index contributed by atoms with van der Waals surface area (Å²) in [6, 6.07) is 39.7. The van der Waals surface area contributed by atoms with Crippen LogP contribution in [0.15, 0.2) is 146 Å². The second-order valence-electron chi connectivity index (χ2n) is 14.1. The fraction of sp³-hybridized carbons (Fsp3) is 0.196. The van der Waals surface area contributed by atoms with E-state index in [2.05, 4.69) is 44.5 Å². The van der Waals surface area contributed by atoms with Crippen LogP contribution < -0.4 is 11.1 Å². The van der Waals surface area contributed by atoms with Crippen LogP contribution in [0.2, 0.25) is 0 Å². The predicted octanol–water partition coefficient (Wildman–Crippen LogP) is 10.3. The Labute approximate surface area is 326 Å². The number of fused-ring (bicyclic) bond motifs is 2. The highest BCUT2D eigenvalue weighted by Gasteiger charge is 2.18. The van der Waals surface area contributed by atoms with Gasteiger partial charge in [0.25, 0.3) is 0 Å². The molecule has 1 aliphatic heterocycles. The first kappa shape index (κ1) is 36.2. The third-order valence-corrected chi connectivity index (χ3v) is 10.1. The molecule has 10 nitrogen and oxygen atoms in total. The molecule has 2 fully saturated rings. The lowest BCUT2D eigenvalue weighted by Gasteiger charge is -2.16. The van der Waals surface area contributed by atoms with Crippen LogP contribution in [0.4, 0.5) is 16.2 Å². The van der Waals surface area contributed by atoms with Gasteiger partial charge in [-0.15, -0.1) is 0 Å². The van der Waals surface area contributed by atoms with E-state index in [1.54, 1.807) is 0 Å². The molecule has 3 N–H and O–H groups in total. The van der Waals surface area contributed by atoms with Crippen LogP contribution >= 0.6 is 0 Å². The summed E-state index contributed by atoms with van der Waals surface area (Å²) in [5, 5.41) is 3.00. The predicted molar refractivity (Wildman–Crippen MR) is 225 cm³/mol. The minimum atomic E-state index is -0.0381. The van der Waals surface area contributed by atoms with Gasteiger partial charge in [-0.3, -0.25) is 8.80 Å². The van der Waals surface area contributed by atoms with Crippen LogP contribution in [0, 0.1) is 0 Å². The van der Waals surface area contributed by atoms with Crippen molar-refractivity contribution in [1.82, 2.24) is 33.6 Å². The summed E-state index contributed by atoms with van der Waals surface area (Å²) in [7, 11) is 0. The van der Waals surface area contributed by atoms with Gasteiger partial charge in [-0.1, -0.05) is 117 Å². The topological polar surface area (TPSA) is 119 Å². The Bertz CT molecular complexity index is 2530. The highest BCUT2D eigenvalue weighted by atomic mass is 16.2. The lowest BCUT2D eigenvalue weighted by molar-refractivity contribution is 0.222. The number of hydrogen-bond acceptors (Lipinski definition) is 6. The van der Waals surface area contributed by atoms with Crippen molar-refractivity contribution in [1.29, 1.82) is 0 Å². The largest absolute Gasteiger partial charge is 0.399 e. The van der Waals surface area contributed by atoms with Gasteiger partial charge in [0.2, 0.25) is 11.6 Å². The number of amides is 2. The number of nitrogens with one attached hydrogen (secondary N) is 1. The zero-order valence-corrected chi connectivity index (χ0v) is 31.3. The highest BCUT2D eigenvalue weighted by Crippen LogP contribution is 2.26. The first-order chi connectivity index (χ1) is 27.6. The van der Waals surface area contributed by atoms with Gasteiger partial charge in [0.1, 0.15) is 0 Å². The number of aromatic nitrogens is 6. The molecule has 1 aliphatic carbocycles. The van der Waals surface area contributed by atoms with Gasteiger partial charge in [0.15, 0.2) is 0 Å². The van der Waals surface area contributed by atoms with Gasteiger partial charge in [0, 0.05) is 59.1 Å². The van der Waals surface area contributed by atoms with Gasteiger partial charge in [0.05, 0.1) is 35.2 Å². The summed E-state index contributed by atoms with van der Waals surface area (Å²) in [4.78, 5) is 32.5. The molecular weight excluding hydrogens is 695 g/mol. The Morgan fingerprint density at radius 2 is 1.02 bits per heavy atom. The number of benzene rings is 4. The third-order valence-electron chi connectivity index (χ3n) is 10.1. The van der Waals surface area contributed by atoms with Crippen LogP contribution in [0.3, 0.4) is 0 Å². The number of hydrogen-bond donors (Lipinski definition) is 2. The van der Waals surface area contributed by atoms with Crippen LogP contribution in [-0.4, -0.2) is 52.8 Å². The average molecular weight is 740 g/mol. The summed E-state index contributed by atoms with van der Waals surface area (Å²) >= 11 is 0. The van der Waals surface area contributed by atoms with Crippen molar-refractivity contribution < 1.29 is 4.79 Å². The Morgan fingerprint density at radius 1 is 0.536 bits per heavy atom. The summed E-state index contributed by atoms with van der Waals surface area (Å²) in [5.41, 5.74) is 15.2. The number of imidazole rings is 2. The fourth-order valence-electron chi connectivity index (χ4n) is 7.17. The first-order valence-electron chi connectivity index (χ1n) is 19.4. The SMILES string of the molecule is C1CCCC1.Nc1cccc(-c2ccn3c(-c4ccccc4)cnc3n2)c1.O=C(Nc1cccc(-c2ccn3c(-c4ccccc4)cnc3n2)c1)N1CCCC1. The van der Waals surface area contributed by atoms with Crippen molar-refractivity contribution in [2.24, 2.45) is 0 Å². The Balaban J connectivity index is 0.000000144. The molecule has 1 saturated carbocycles. The van der Waals surface area contributed by atoms with Gasteiger partial charge in [-0.05, 0) is 49.2 Å². The van der Waals surface area contributed by atoms with Crippen molar-refractivity contribution in [3.05, 3.63) is 146 Å². The lowest BCUT2D eigenvalue weighted by Crippen LogP contribution is -2.32. The molecule has 10 rings (SSSR count). The van der Waals surface area contributed by atoms with Crippen molar-refractivity contribution in [2.75, 3.05) is 24.1 Å². The molecule has 0 radical (unpaired) electrons. The van der Waals surface area contributed by atoms with E-state index in [-0.39, 0.29) is 6.03 Å². The second kappa shape index (κ2) is 17.1. The lowest BCUT2D eigenvalue weighted by atomic mass is 10.1. The Morgan fingerprint density at radius 3 is 1.54 bits per heavy atom. The summed E-state index contributed by atoms with van der Waals surface area (Å²) < 4.78 is 3.98. The van der Waals surface area contributed by atoms with Crippen molar-refractivity contribution >= 4 is 29.0 Å².